The van der Waals surface area contributed by atoms with Gasteiger partial charge in [0.1, 0.15) is 0 Å². The molecule has 0 aliphatic heterocycles. The molecule has 108 valence electrons. The van der Waals surface area contributed by atoms with Crippen LogP contribution in [0.3, 0.4) is 0 Å². The Balaban J connectivity index is 2.88. The van der Waals surface area contributed by atoms with Crippen LogP contribution in [0.25, 0.3) is 0 Å². The number of rotatable bonds is 8. The fraction of sp³-hybridized carbons (Fsp3) is 0.667. The van der Waals surface area contributed by atoms with Crippen LogP contribution >= 0.6 is 0 Å². The molecule has 0 radical (unpaired) electrons. The molecule has 0 saturated carbocycles. The summed E-state index contributed by atoms with van der Waals surface area (Å²) >= 11 is 0. The van der Waals surface area contributed by atoms with Crippen LogP contribution in [0.2, 0.25) is 0 Å². The third-order valence-electron chi connectivity index (χ3n) is 3.05. The molecule has 0 amide bonds. The number of nitrogens with zero attached hydrogens (tertiary/aromatic N) is 2. The van der Waals surface area contributed by atoms with Gasteiger partial charge in [-0.2, -0.15) is 0 Å². The molecule has 0 spiro atoms. The first-order chi connectivity index (χ1) is 9.06. The van der Waals surface area contributed by atoms with E-state index in [4.69, 9.17) is 4.74 Å². The van der Waals surface area contributed by atoms with E-state index in [0.29, 0.717) is 12.1 Å². The number of anilines is 1. The van der Waals surface area contributed by atoms with Gasteiger partial charge >= 0.3 is 0 Å². The van der Waals surface area contributed by atoms with Crippen LogP contribution in [0.15, 0.2) is 18.5 Å². The second kappa shape index (κ2) is 8.12. The van der Waals surface area contributed by atoms with Gasteiger partial charge in [-0.15, -0.1) is 0 Å². The number of hydrogen-bond donors (Lipinski definition) is 1. The quantitative estimate of drug-likeness (QED) is 0.783. The molecule has 0 aliphatic carbocycles. The van der Waals surface area contributed by atoms with Gasteiger partial charge in [0.25, 0.3) is 0 Å². The molecule has 0 unspecified atom stereocenters. The van der Waals surface area contributed by atoms with Crippen LogP contribution in [0.1, 0.15) is 33.3 Å². The fourth-order valence-electron chi connectivity index (χ4n) is 2.00. The van der Waals surface area contributed by atoms with Gasteiger partial charge in [0.2, 0.25) is 0 Å². The first-order valence-electron chi connectivity index (χ1n) is 6.98. The lowest BCUT2D eigenvalue weighted by molar-refractivity contribution is 0.203. The van der Waals surface area contributed by atoms with Crippen molar-refractivity contribution in [3.05, 3.63) is 24.0 Å². The third kappa shape index (κ3) is 5.17. The molecule has 0 aliphatic rings. The molecule has 1 rings (SSSR count). The lowest BCUT2D eigenvalue weighted by atomic mass is 10.1. The van der Waals surface area contributed by atoms with Gasteiger partial charge in [0.05, 0.1) is 6.61 Å². The van der Waals surface area contributed by atoms with E-state index in [1.165, 1.54) is 11.3 Å². The Morgan fingerprint density at radius 3 is 2.63 bits per heavy atom. The maximum Gasteiger partial charge on any atom is 0.0637 e. The highest BCUT2D eigenvalue weighted by molar-refractivity contribution is 5.53. The summed E-state index contributed by atoms with van der Waals surface area (Å²) in [5.74, 6) is 0. The summed E-state index contributed by atoms with van der Waals surface area (Å²) < 4.78 is 5.21. The number of methoxy groups -OCH3 is 1. The van der Waals surface area contributed by atoms with Gasteiger partial charge in [0, 0.05) is 55.9 Å². The van der Waals surface area contributed by atoms with E-state index < -0.39 is 0 Å². The number of ether oxygens (including phenoxy) is 1. The first-order valence-corrected chi connectivity index (χ1v) is 6.98. The van der Waals surface area contributed by atoms with E-state index >= 15 is 0 Å². The minimum absolute atomic E-state index is 0.440. The van der Waals surface area contributed by atoms with E-state index in [-0.39, 0.29) is 0 Å². The Morgan fingerprint density at radius 1 is 1.32 bits per heavy atom. The number of hydrogen-bond acceptors (Lipinski definition) is 4. The Kier molecular flexibility index (Phi) is 6.81. The Hall–Kier alpha value is -1.13. The SMILES string of the molecule is COCCN(c1ccncc1CNC(C)C)C(C)C. The molecule has 4 nitrogen and oxygen atoms in total. The van der Waals surface area contributed by atoms with Crippen LogP contribution in [0, 0.1) is 0 Å². The third-order valence-corrected chi connectivity index (χ3v) is 3.05. The molecule has 0 saturated heterocycles. The maximum atomic E-state index is 5.21. The normalized spacial score (nSPS) is 11.3. The van der Waals surface area contributed by atoms with Crippen LogP contribution < -0.4 is 10.2 Å². The van der Waals surface area contributed by atoms with Gasteiger partial charge in [-0.05, 0) is 19.9 Å². The molecule has 0 bridgehead atoms. The molecule has 0 atom stereocenters. The zero-order valence-corrected chi connectivity index (χ0v) is 12.8. The minimum atomic E-state index is 0.440. The van der Waals surface area contributed by atoms with E-state index in [0.717, 1.165) is 19.7 Å². The van der Waals surface area contributed by atoms with Gasteiger partial charge in [-0.1, -0.05) is 13.8 Å². The van der Waals surface area contributed by atoms with Crippen molar-refractivity contribution in [3.63, 3.8) is 0 Å². The molecule has 0 fully saturated rings. The first kappa shape index (κ1) is 15.9. The molecule has 1 heterocycles. The van der Waals surface area contributed by atoms with Crippen molar-refractivity contribution in [2.45, 2.75) is 46.3 Å². The summed E-state index contributed by atoms with van der Waals surface area (Å²) in [6.45, 7) is 11.2. The van der Waals surface area contributed by atoms with Crippen LogP contribution in [0.4, 0.5) is 5.69 Å². The largest absolute Gasteiger partial charge is 0.383 e. The van der Waals surface area contributed by atoms with E-state index in [1.54, 1.807) is 7.11 Å². The van der Waals surface area contributed by atoms with Gasteiger partial charge in [-0.25, -0.2) is 0 Å². The van der Waals surface area contributed by atoms with E-state index in [2.05, 4.69) is 49.0 Å². The summed E-state index contributed by atoms with van der Waals surface area (Å²) in [4.78, 5) is 6.61. The summed E-state index contributed by atoms with van der Waals surface area (Å²) in [5, 5.41) is 3.45. The highest BCUT2D eigenvalue weighted by Gasteiger charge is 2.14. The van der Waals surface area contributed by atoms with Crippen LogP contribution in [-0.4, -0.2) is 37.3 Å². The van der Waals surface area contributed by atoms with Crippen molar-refractivity contribution in [3.8, 4) is 0 Å². The second-order valence-electron chi connectivity index (χ2n) is 5.32. The summed E-state index contributed by atoms with van der Waals surface area (Å²) in [5.41, 5.74) is 2.48. The average Bonchev–Trinajstić information content (AvgIpc) is 2.37. The molecule has 1 aromatic rings. The van der Waals surface area contributed by atoms with Crippen molar-refractivity contribution < 1.29 is 4.74 Å². The van der Waals surface area contributed by atoms with Crippen molar-refractivity contribution in [1.29, 1.82) is 0 Å². The van der Waals surface area contributed by atoms with Gasteiger partial charge in [-0.3, -0.25) is 4.98 Å². The van der Waals surface area contributed by atoms with Crippen LogP contribution in [0.5, 0.6) is 0 Å². The van der Waals surface area contributed by atoms with E-state index in [1.807, 2.05) is 12.4 Å². The minimum Gasteiger partial charge on any atom is -0.383 e. The predicted molar refractivity (Wildman–Crippen MR) is 80.6 cm³/mol. The number of nitrogens with one attached hydrogen (secondary N) is 1. The number of aromatic nitrogens is 1. The van der Waals surface area contributed by atoms with Crippen LogP contribution in [-0.2, 0) is 11.3 Å². The molecular formula is C15H27N3O. The Bertz CT molecular complexity index is 366. The maximum absolute atomic E-state index is 5.21. The average molecular weight is 265 g/mol. The Labute approximate surface area is 117 Å². The van der Waals surface area contributed by atoms with Crippen molar-refractivity contribution in [2.75, 3.05) is 25.2 Å². The lowest BCUT2D eigenvalue weighted by Gasteiger charge is -2.30. The molecule has 1 N–H and O–H groups in total. The molecule has 0 aromatic carbocycles. The topological polar surface area (TPSA) is 37.4 Å². The Morgan fingerprint density at radius 2 is 2.05 bits per heavy atom. The van der Waals surface area contributed by atoms with E-state index in [9.17, 15) is 0 Å². The van der Waals surface area contributed by atoms with Gasteiger partial charge in [0.15, 0.2) is 0 Å². The monoisotopic (exact) mass is 265 g/mol. The second-order valence-corrected chi connectivity index (χ2v) is 5.32. The smallest absolute Gasteiger partial charge is 0.0637 e. The van der Waals surface area contributed by atoms with Crippen molar-refractivity contribution in [2.24, 2.45) is 0 Å². The highest BCUT2D eigenvalue weighted by Crippen LogP contribution is 2.21. The fourth-order valence-corrected chi connectivity index (χ4v) is 2.00. The summed E-state index contributed by atoms with van der Waals surface area (Å²) in [6.07, 6.45) is 3.81. The lowest BCUT2D eigenvalue weighted by Crippen LogP contribution is -2.35. The molecule has 4 heteroatoms. The zero-order chi connectivity index (χ0) is 14.3. The number of pyridine rings is 1. The molecular weight excluding hydrogens is 238 g/mol. The molecule has 19 heavy (non-hydrogen) atoms. The standard InChI is InChI=1S/C15H27N3O/c1-12(2)17-11-14-10-16-7-6-15(14)18(13(3)4)8-9-19-5/h6-7,10,12-13,17H,8-9,11H2,1-5H3. The zero-order valence-electron chi connectivity index (χ0n) is 12.8. The molecule has 1 aromatic heterocycles. The van der Waals surface area contributed by atoms with Gasteiger partial charge < -0.3 is 15.0 Å². The predicted octanol–water partition coefficient (Wildman–Crippen LogP) is 2.44. The summed E-state index contributed by atoms with van der Waals surface area (Å²) in [7, 11) is 1.74. The van der Waals surface area contributed by atoms with Crippen molar-refractivity contribution in [1.82, 2.24) is 10.3 Å². The van der Waals surface area contributed by atoms with Crippen molar-refractivity contribution >= 4 is 5.69 Å². The summed E-state index contributed by atoms with van der Waals surface area (Å²) in [6, 6.07) is 3.00. The highest BCUT2D eigenvalue weighted by atomic mass is 16.5.